The van der Waals surface area contributed by atoms with Crippen LogP contribution in [0.4, 0.5) is 0 Å². The second-order valence-corrected chi connectivity index (χ2v) is 4.22. The van der Waals surface area contributed by atoms with Crippen molar-refractivity contribution in [2.45, 2.75) is 33.2 Å². The van der Waals surface area contributed by atoms with E-state index in [2.05, 4.69) is 39.0 Å². The van der Waals surface area contributed by atoms with E-state index in [1.807, 2.05) is 0 Å². The number of hydrogen-bond acceptors (Lipinski definition) is 2. The predicted octanol–water partition coefficient (Wildman–Crippen LogP) is 2.32. The first-order valence-corrected chi connectivity index (χ1v) is 5.53. The summed E-state index contributed by atoms with van der Waals surface area (Å²) in [6.07, 6.45) is 0.907. The molecule has 1 aromatic carbocycles. The highest BCUT2D eigenvalue weighted by Crippen LogP contribution is 2.23. The first-order chi connectivity index (χ1) is 7.10. The molecule has 1 aromatic rings. The standard InChI is InChI=1S/C13H21NO/c1-4-11(8-15)13(14)12-6-5-9(2)10(3)7-12/h5-7,11,13,15H,4,8,14H2,1-3H3. The molecular weight excluding hydrogens is 186 g/mol. The lowest BCUT2D eigenvalue weighted by Gasteiger charge is -2.21. The summed E-state index contributed by atoms with van der Waals surface area (Å²) in [5.74, 6) is 0.159. The molecule has 0 aliphatic heterocycles. The molecule has 0 spiro atoms. The zero-order valence-electron chi connectivity index (χ0n) is 9.83. The molecule has 0 aliphatic rings. The fourth-order valence-corrected chi connectivity index (χ4v) is 1.74. The van der Waals surface area contributed by atoms with Crippen molar-refractivity contribution >= 4 is 0 Å². The summed E-state index contributed by atoms with van der Waals surface area (Å²) in [5, 5.41) is 9.20. The van der Waals surface area contributed by atoms with Crippen molar-refractivity contribution in [1.29, 1.82) is 0 Å². The summed E-state index contributed by atoms with van der Waals surface area (Å²) in [6.45, 7) is 6.39. The molecular formula is C13H21NO. The van der Waals surface area contributed by atoms with Crippen molar-refractivity contribution in [1.82, 2.24) is 0 Å². The molecule has 15 heavy (non-hydrogen) atoms. The molecule has 0 aromatic heterocycles. The van der Waals surface area contributed by atoms with E-state index in [0.29, 0.717) is 0 Å². The average molecular weight is 207 g/mol. The quantitative estimate of drug-likeness (QED) is 0.796. The van der Waals surface area contributed by atoms with Crippen LogP contribution in [0.1, 0.15) is 36.1 Å². The molecule has 0 heterocycles. The van der Waals surface area contributed by atoms with Crippen molar-refractivity contribution in [2.75, 3.05) is 6.61 Å². The SMILES string of the molecule is CCC(CO)C(N)c1ccc(C)c(C)c1. The molecule has 0 saturated carbocycles. The van der Waals surface area contributed by atoms with E-state index in [1.54, 1.807) is 0 Å². The number of aliphatic hydroxyl groups excluding tert-OH is 1. The average Bonchev–Trinajstić information content (AvgIpc) is 2.23. The highest BCUT2D eigenvalue weighted by molar-refractivity contribution is 5.31. The second kappa shape index (κ2) is 5.29. The summed E-state index contributed by atoms with van der Waals surface area (Å²) < 4.78 is 0. The third-order valence-electron chi connectivity index (χ3n) is 3.18. The van der Waals surface area contributed by atoms with Gasteiger partial charge in [0.05, 0.1) is 0 Å². The van der Waals surface area contributed by atoms with Crippen molar-refractivity contribution < 1.29 is 5.11 Å². The molecule has 1 rings (SSSR count). The van der Waals surface area contributed by atoms with Gasteiger partial charge in [-0.1, -0.05) is 25.1 Å². The van der Waals surface area contributed by atoms with Gasteiger partial charge >= 0.3 is 0 Å². The molecule has 0 saturated heterocycles. The molecule has 84 valence electrons. The van der Waals surface area contributed by atoms with Gasteiger partial charge in [0.2, 0.25) is 0 Å². The Morgan fingerprint density at radius 3 is 2.40 bits per heavy atom. The zero-order chi connectivity index (χ0) is 11.4. The van der Waals surface area contributed by atoms with E-state index < -0.39 is 0 Å². The van der Waals surface area contributed by atoms with Gasteiger partial charge in [-0.3, -0.25) is 0 Å². The lowest BCUT2D eigenvalue weighted by molar-refractivity contribution is 0.200. The van der Waals surface area contributed by atoms with Crippen LogP contribution in [0.2, 0.25) is 0 Å². The largest absolute Gasteiger partial charge is 0.396 e. The Morgan fingerprint density at radius 1 is 1.27 bits per heavy atom. The Kier molecular flexibility index (Phi) is 4.30. The van der Waals surface area contributed by atoms with E-state index >= 15 is 0 Å². The molecule has 0 aliphatic carbocycles. The van der Waals surface area contributed by atoms with Crippen LogP contribution in [0.15, 0.2) is 18.2 Å². The summed E-state index contributed by atoms with van der Waals surface area (Å²) >= 11 is 0. The lowest BCUT2D eigenvalue weighted by Crippen LogP contribution is -2.23. The maximum atomic E-state index is 9.20. The molecule has 2 atom stereocenters. The maximum Gasteiger partial charge on any atom is 0.0477 e. The van der Waals surface area contributed by atoms with Gasteiger partial charge in [0, 0.05) is 18.6 Å². The Hall–Kier alpha value is -0.860. The van der Waals surface area contributed by atoms with Crippen LogP contribution in [0.3, 0.4) is 0 Å². The third kappa shape index (κ3) is 2.80. The van der Waals surface area contributed by atoms with Gasteiger partial charge in [-0.2, -0.15) is 0 Å². The van der Waals surface area contributed by atoms with Gasteiger partial charge in [0.25, 0.3) is 0 Å². The van der Waals surface area contributed by atoms with E-state index in [0.717, 1.165) is 12.0 Å². The van der Waals surface area contributed by atoms with Crippen molar-refractivity contribution in [3.63, 3.8) is 0 Å². The molecule has 2 heteroatoms. The van der Waals surface area contributed by atoms with Gasteiger partial charge in [-0.15, -0.1) is 0 Å². The summed E-state index contributed by atoms with van der Waals surface area (Å²) in [5.41, 5.74) is 9.78. The topological polar surface area (TPSA) is 46.2 Å². The summed E-state index contributed by atoms with van der Waals surface area (Å²) in [6, 6.07) is 6.22. The number of benzene rings is 1. The van der Waals surface area contributed by atoms with Crippen LogP contribution in [-0.2, 0) is 0 Å². The fourth-order valence-electron chi connectivity index (χ4n) is 1.74. The van der Waals surface area contributed by atoms with Crippen LogP contribution >= 0.6 is 0 Å². The molecule has 0 amide bonds. The van der Waals surface area contributed by atoms with E-state index in [-0.39, 0.29) is 18.6 Å². The van der Waals surface area contributed by atoms with E-state index in [1.165, 1.54) is 11.1 Å². The maximum absolute atomic E-state index is 9.20. The molecule has 0 bridgehead atoms. The fraction of sp³-hybridized carbons (Fsp3) is 0.538. The van der Waals surface area contributed by atoms with Crippen LogP contribution in [0.5, 0.6) is 0 Å². The number of aliphatic hydroxyl groups is 1. The highest BCUT2D eigenvalue weighted by Gasteiger charge is 2.16. The van der Waals surface area contributed by atoms with Crippen molar-refractivity contribution in [2.24, 2.45) is 11.7 Å². The van der Waals surface area contributed by atoms with Crippen LogP contribution < -0.4 is 5.73 Å². The smallest absolute Gasteiger partial charge is 0.0477 e. The minimum atomic E-state index is -0.0562. The number of nitrogens with two attached hydrogens (primary N) is 1. The predicted molar refractivity (Wildman–Crippen MR) is 63.7 cm³/mol. The molecule has 2 unspecified atom stereocenters. The van der Waals surface area contributed by atoms with Crippen LogP contribution in [0, 0.1) is 19.8 Å². The normalized spacial score (nSPS) is 15.0. The number of hydrogen-bond donors (Lipinski definition) is 2. The zero-order valence-corrected chi connectivity index (χ0v) is 9.83. The van der Waals surface area contributed by atoms with Gasteiger partial charge in [0.15, 0.2) is 0 Å². The van der Waals surface area contributed by atoms with E-state index in [4.69, 9.17) is 5.73 Å². The Balaban J connectivity index is 2.90. The first-order valence-electron chi connectivity index (χ1n) is 5.53. The van der Waals surface area contributed by atoms with Gasteiger partial charge < -0.3 is 10.8 Å². The Labute approximate surface area is 92.1 Å². The Bertz CT molecular complexity index is 318. The number of aryl methyl sites for hydroxylation is 2. The first kappa shape index (κ1) is 12.2. The highest BCUT2D eigenvalue weighted by atomic mass is 16.3. The monoisotopic (exact) mass is 207 g/mol. The number of rotatable bonds is 4. The second-order valence-electron chi connectivity index (χ2n) is 4.22. The minimum absolute atomic E-state index is 0.0562. The minimum Gasteiger partial charge on any atom is -0.396 e. The Morgan fingerprint density at radius 2 is 1.93 bits per heavy atom. The van der Waals surface area contributed by atoms with Crippen molar-refractivity contribution in [3.05, 3.63) is 34.9 Å². The lowest BCUT2D eigenvalue weighted by atomic mass is 9.91. The van der Waals surface area contributed by atoms with Gasteiger partial charge in [-0.05, 0) is 37.0 Å². The van der Waals surface area contributed by atoms with Gasteiger partial charge in [0.1, 0.15) is 0 Å². The molecule has 2 nitrogen and oxygen atoms in total. The molecule has 0 fully saturated rings. The van der Waals surface area contributed by atoms with Crippen LogP contribution in [0.25, 0.3) is 0 Å². The summed E-state index contributed by atoms with van der Waals surface area (Å²) in [4.78, 5) is 0. The van der Waals surface area contributed by atoms with Gasteiger partial charge in [-0.25, -0.2) is 0 Å². The van der Waals surface area contributed by atoms with Crippen LogP contribution in [-0.4, -0.2) is 11.7 Å². The van der Waals surface area contributed by atoms with Crippen molar-refractivity contribution in [3.8, 4) is 0 Å². The molecule has 0 radical (unpaired) electrons. The third-order valence-corrected chi connectivity index (χ3v) is 3.18. The van der Waals surface area contributed by atoms with E-state index in [9.17, 15) is 5.11 Å². The summed E-state index contributed by atoms with van der Waals surface area (Å²) in [7, 11) is 0. The molecule has 3 N–H and O–H groups in total.